The molecule has 0 aliphatic rings. The van der Waals surface area contributed by atoms with Gasteiger partial charge in [-0.25, -0.2) is 10.8 Å². The van der Waals surface area contributed by atoms with Crippen LogP contribution in [0.4, 0.5) is 5.82 Å². The Morgan fingerprint density at radius 1 is 1.37 bits per heavy atom. The summed E-state index contributed by atoms with van der Waals surface area (Å²) in [4.78, 5) is 17.3. The standard InChI is InChI=1S/C13H16N4O2/c1-17(2)12(18)8-19-10-5-3-4-9-6-7-11(16-14)15-13(9)10/h3-7H,8,14H2,1-2H3,(H,15,16). The van der Waals surface area contributed by atoms with Gasteiger partial charge in [0.1, 0.15) is 17.1 Å². The lowest BCUT2D eigenvalue weighted by Gasteiger charge is -2.12. The van der Waals surface area contributed by atoms with Crippen LogP contribution in [0.5, 0.6) is 5.75 Å². The van der Waals surface area contributed by atoms with Crippen LogP contribution in [0.3, 0.4) is 0 Å². The molecule has 0 saturated heterocycles. The summed E-state index contributed by atoms with van der Waals surface area (Å²) in [5.74, 6) is 6.34. The number of amides is 1. The number of rotatable bonds is 4. The summed E-state index contributed by atoms with van der Waals surface area (Å²) in [6.45, 7) is -0.0198. The van der Waals surface area contributed by atoms with Gasteiger partial charge in [0, 0.05) is 19.5 Å². The molecule has 1 amide bonds. The number of carbonyl (C=O) groups excluding carboxylic acids is 1. The highest BCUT2D eigenvalue weighted by molar-refractivity contribution is 5.86. The lowest BCUT2D eigenvalue weighted by molar-refractivity contribution is -0.130. The van der Waals surface area contributed by atoms with Gasteiger partial charge in [0.25, 0.3) is 5.91 Å². The van der Waals surface area contributed by atoms with Gasteiger partial charge in [0.15, 0.2) is 6.61 Å². The second-order valence-electron chi connectivity index (χ2n) is 4.25. The molecule has 0 bridgehead atoms. The van der Waals surface area contributed by atoms with E-state index in [1.807, 2.05) is 18.2 Å². The highest BCUT2D eigenvalue weighted by atomic mass is 16.5. The molecule has 0 spiro atoms. The Labute approximate surface area is 111 Å². The van der Waals surface area contributed by atoms with E-state index in [0.717, 1.165) is 5.39 Å². The average Bonchev–Trinajstić information content (AvgIpc) is 2.43. The molecule has 0 fully saturated rings. The van der Waals surface area contributed by atoms with E-state index in [1.165, 1.54) is 4.90 Å². The number of fused-ring (bicyclic) bond motifs is 1. The minimum atomic E-state index is -0.106. The summed E-state index contributed by atoms with van der Waals surface area (Å²) in [5.41, 5.74) is 3.16. The Hall–Kier alpha value is -2.34. The third-order valence-corrected chi connectivity index (χ3v) is 2.68. The quantitative estimate of drug-likeness (QED) is 0.633. The molecule has 1 aromatic carbocycles. The molecular weight excluding hydrogens is 244 g/mol. The number of hydrogen-bond acceptors (Lipinski definition) is 5. The number of ether oxygens (including phenoxy) is 1. The SMILES string of the molecule is CN(C)C(=O)COc1cccc2ccc(NN)nc12. The molecule has 100 valence electrons. The molecule has 6 heteroatoms. The topological polar surface area (TPSA) is 80.5 Å². The van der Waals surface area contributed by atoms with E-state index in [-0.39, 0.29) is 12.5 Å². The number of nitrogens with zero attached hydrogens (tertiary/aromatic N) is 2. The van der Waals surface area contributed by atoms with Crippen molar-refractivity contribution in [3.05, 3.63) is 30.3 Å². The Morgan fingerprint density at radius 3 is 2.84 bits per heavy atom. The summed E-state index contributed by atoms with van der Waals surface area (Å²) in [6.07, 6.45) is 0. The van der Waals surface area contributed by atoms with Crippen molar-refractivity contribution in [1.29, 1.82) is 0 Å². The first-order chi connectivity index (χ1) is 9.11. The monoisotopic (exact) mass is 260 g/mol. The van der Waals surface area contributed by atoms with Gasteiger partial charge in [0.2, 0.25) is 0 Å². The Morgan fingerprint density at radius 2 is 2.16 bits per heavy atom. The van der Waals surface area contributed by atoms with E-state index in [1.54, 1.807) is 26.2 Å². The fourth-order valence-corrected chi connectivity index (χ4v) is 1.59. The van der Waals surface area contributed by atoms with Crippen LogP contribution in [0.25, 0.3) is 10.9 Å². The molecule has 3 N–H and O–H groups in total. The first kappa shape index (κ1) is 13.1. The minimum Gasteiger partial charge on any atom is -0.481 e. The van der Waals surface area contributed by atoms with Crippen molar-refractivity contribution in [2.24, 2.45) is 5.84 Å². The number of likely N-dealkylation sites (N-methyl/N-ethyl adjacent to an activating group) is 1. The van der Waals surface area contributed by atoms with E-state index >= 15 is 0 Å². The van der Waals surface area contributed by atoms with Crippen molar-refractivity contribution in [3.8, 4) is 5.75 Å². The fraction of sp³-hybridized carbons (Fsp3) is 0.231. The van der Waals surface area contributed by atoms with Crippen LogP contribution < -0.4 is 16.0 Å². The molecule has 1 heterocycles. The molecule has 2 aromatic rings. The lowest BCUT2D eigenvalue weighted by Crippen LogP contribution is -2.27. The number of carbonyl (C=O) groups is 1. The summed E-state index contributed by atoms with van der Waals surface area (Å²) in [6, 6.07) is 9.21. The van der Waals surface area contributed by atoms with E-state index in [9.17, 15) is 4.79 Å². The number of nitrogens with two attached hydrogens (primary N) is 1. The molecule has 1 aromatic heterocycles. The predicted molar refractivity (Wildman–Crippen MR) is 73.7 cm³/mol. The molecule has 0 aliphatic heterocycles. The predicted octanol–water partition coefficient (Wildman–Crippen LogP) is 0.987. The van der Waals surface area contributed by atoms with Crippen molar-refractivity contribution in [2.45, 2.75) is 0 Å². The number of hydrogen-bond donors (Lipinski definition) is 2. The lowest BCUT2D eigenvalue weighted by atomic mass is 10.2. The normalized spacial score (nSPS) is 10.3. The van der Waals surface area contributed by atoms with Crippen LogP contribution in [0.1, 0.15) is 0 Å². The van der Waals surface area contributed by atoms with Gasteiger partial charge in [-0.2, -0.15) is 0 Å². The molecule has 0 radical (unpaired) electrons. The summed E-state index contributed by atoms with van der Waals surface area (Å²) < 4.78 is 5.52. The highest BCUT2D eigenvalue weighted by Crippen LogP contribution is 2.25. The second kappa shape index (κ2) is 5.53. The van der Waals surface area contributed by atoms with Crippen molar-refractivity contribution >= 4 is 22.6 Å². The fourth-order valence-electron chi connectivity index (χ4n) is 1.59. The Bertz CT molecular complexity index is 598. The zero-order valence-corrected chi connectivity index (χ0v) is 10.9. The first-order valence-corrected chi connectivity index (χ1v) is 5.81. The number of anilines is 1. The summed E-state index contributed by atoms with van der Waals surface area (Å²) in [7, 11) is 3.37. The zero-order chi connectivity index (χ0) is 13.8. The van der Waals surface area contributed by atoms with Gasteiger partial charge in [-0.15, -0.1) is 0 Å². The van der Waals surface area contributed by atoms with E-state index < -0.39 is 0 Å². The molecule has 0 unspecified atom stereocenters. The molecule has 0 saturated carbocycles. The third kappa shape index (κ3) is 2.92. The maximum Gasteiger partial charge on any atom is 0.259 e. The van der Waals surface area contributed by atoms with Crippen LogP contribution in [0, 0.1) is 0 Å². The summed E-state index contributed by atoms with van der Waals surface area (Å²) >= 11 is 0. The Kier molecular flexibility index (Phi) is 3.82. The van der Waals surface area contributed by atoms with E-state index in [0.29, 0.717) is 17.1 Å². The van der Waals surface area contributed by atoms with E-state index in [2.05, 4.69) is 10.4 Å². The molecule has 0 atom stereocenters. The molecule has 19 heavy (non-hydrogen) atoms. The largest absolute Gasteiger partial charge is 0.481 e. The zero-order valence-electron chi connectivity index (χ0n) is 10.9. The van der Waals surface area contributed by atoms with Crippen molar-refractivity contribution in [2.75, 3.05) is 26.1 Å². The first-order valence-electron chi connectivity index (χ1n) is 5.81. The number of aromatic nitrogens is 1. The van der Waals surface area contributed by atoms with Gasteiger partial charge in [-0.05, 0) is 18.2 Å². The van der Waals surface area contributed by atoms with Gasteiger partial charge in [0.05, 0.1) is 0 Å². The Balaban J connectivity index is 2.29. The van der Waals surface area contributed by atoms with Gasteiger partial charge < -0.3 is 15.1 Å². The smallest absolute Gasteiger partial charge is 0.259 e. The number of hydrazine groups is 1. The number of nitrogens with one attached hydrogen (secondary N) is 1. The van der Waals surface area contributed by atoms with E-state index in [4.69, 9.17) is 10.6 Å². The number of benzene rings is 1. The second-order valence-corrected chi connectivity index (χ2v) is 4.25. The van der Waals surface area contributed by atoms with Crippen molar-refractivity contribution < 1.29 is 9.53 Å². The molecule has 6 nitrogen and oxygen atoms in total. The van der Waals surface area contributed by atoms with Crippen LogP contribution in [0.15, 0.2) is 30.3 Å². The molecular formula is C13H16N4O2. The molecule has 0 aliphatic carbocycles. The average molecular weight is 260 g/mol. The van der Waals surface area contributed by atoms with Crippen LogP contribution in [0.2, 0.25) is 0 Å². The third-order valence-electron chi connectivity index (χ3n) is 2.68. The number of para-hydroxylation sites is 1. The number of pyridine rings is 1. The number of nitrogen functional groups attached to an aromatic ring is 1. The van der Waals surface area contributed by atoms with Gasteiger partial charge in [-0.3, -0.25) is 4.79 Å². The summed E-state index contributed by atoms with van der Waals surface area (Å²) in [5, 5.41) is 0.925. The van der Waals surface area contributed by atoms with Crippen LogP contribution in [-0.2, 0) is 4.79 Å². The maximum atomic E-state index is 11.5. The highest BCUT2D eigenvalue weighted by Gasteiger charge is 2.08. The van der Waals surface area contributed by atoms with Gasteiger partial charge >= 0.3 is 0 Å². The van der Waals surface area contributed by atoms with Gasteiger partial charge in [-0.1, -0.05) is 12.1 Å². The minimum absolute atomic E-state index is 0.0198. The van der Waals surface area contributed by atoms with Crippen molar-refractivity contribution in [1.82, 2.24) is 9.88 Å². The van der Waals surface area contributed by atoms with Crippen molar-refractivity contribution in [3.63, 3.8) is 0 Å². The van der Waals surface area contributed by atoms with Crippen LogP contribution in [-0.4, -0.2) is 36.5 Å². The maximum absolute atomic E-state index is 11.5. The van der Waals surface area contributed by atoms with Crippen LogP contribution >= 0.6 is 0 Å². The molecule has 2 rings (SSSR count).